The molecule has 0 N–H and O–H groups in total. The number of ether oxygens (including phenoxy) is 2. The summed E-state index contributed by atoms with van der Waals surface area (Å²) in [7, 11) is 0. The highest BCUT2D eigenvalue weighted by Crippen LogP contribution is 2.38. The summed E-state index contributed by atoms with van der Waals surface area (Å²) < 4.78 is 12.6. The van der Waals surface area contributed by atoms with Crippen LogP contribution in [0.25, 0.3) is 22.3 Å². The normalized spacial score (nSPS) is 12.6. The van der Waals surface area contributed by atoms with Gasteiger partial charge in [0.2, 0.25) is 0 Å². The Hall–Kier alpha value is -3.52. The fourth-order valence-electron chi connectivity index (χ4n) is 3.76. The van der Waals surface area contributed by atoms with Gasteiger partial charge in [-0.2, -0.15) is 0 Å². The van der Waals surface area contributed by atoms with Crippen LogP contribution in [-0.4, -0.2) is 0 Å². The second kappa shape index (κ2) is 7.24. The molecule has 28 heavy (non-hydrogen) atoms. The molecule has 0 aromatic heterocycles. The van der Waals surface area contributed by atoms with E-state index in [0.717, 1.165) is 22.6 Å². The molecule has 5 rings (SSSR count). The lowest BCUT2D eigenvalue weighted by Gasteiger charge is -2.20. The fraction of sp³-hybridized carbons (Fsp3) is 0.0769. The average Bonchev–Trinajstić information content (AvgIpc) is 2.76. The molecule has 136 valence electrons. The van der Waals surface area contributed by atoms with E-state index in [1.165, 1.54) is 22.3 Å². The SMILES string of the molecule is c1ccc2c(c1)COc1ccccc1-c1ccccc1OCc1ccccc1-2. The summed E-state index contributed by atoms with van der Waals surface area (Å²) in [6.45, 7) is 1.04. The van der Waals surface area contributed by atoms with Gasteiger partial charge in [0.15, 0.2) is 0 Å². The number of para-hydroxylation sites is 2. The van der Waals surface area contributed by atoms with E-state index in [1.54, 1.807) is 0 Å². The Labute approximate surface area is 165 Å². The summed E-state index contributed by atoms with van der Waals surface area (Å²) in [6, 6.07) is 33.2. The predicted molar refractivity (Wildman–Crippen MR) is 112 cm³/mol. The molecule has 4 aromatic carbocycles. The fourth-order valence-corrected chi connectivity index (χ4v) is 3.76. The van der Waals surface area contributed by atoms with Crippen LogP contribution in [0.4, 0.5) is 0 Å². The summed E-state index contributed by atoms with van der Waals surface area (Å²) in [6.07, 6.45) is 0. The molecule has 2 nitrogen and oxygen atoms in total. The molecule has 0 fully saturated rings. The molecule has 0 unspecified atom stereocenters. The zero-order valence-corrected chi connectivity index (χ0v) is 15.5. The molecule has 4 aromatic rings. The Morgan fingerprint density at radius 1 is 0.393 bits per heavy atom. The molecule has 2 heteroatoms. The lowest BCUT2D eigenvalue weighted by atomic mass is 9.95. The Balaban J connectivity index is 1.70. The third kappa shape index (κ3) is 3.03. The number of benzene rings is 4. The summed E-state index contributed by atoms with van der Waals surface area (Å²) in [5.41, 5.74) is 6.80. The Bertz CT molecular complexity index is 948. The van der Waals surface area contributed by atoms with Crippen LogP contribution in [0.5, 0.6) is 11.5 Å². The average molecular weight is 364 g/mol. The van der Waals surface area contributed by atoms with Gasteiger partial charge in [-0.05, 0) is 34.4 Å². The van der Waals surface area contributed by atoms with Gasteiger partial charge in [-0.25, -0.2) is 0 Å². The number of hydrogen-bond acceptors (Lipinski definition) is 2. The molecule has 0 atom stereocenters. The highest BCUT2D eigenvalue weighted by molar-refractivity contribution is 5.76. The summed E-state index contributed by atoms with van der Waals surface area (Å²) in [4.78, 5) is 0. The molecule has 1 heterocycles. The van der Waals surface area contributed by atoms with Crippen LogP contribution in [0.15, 0.2) is 97.1 Å². The van der Waals surface area contributed by atoms with E-state index in [2.05, 4.69) is 60.7 Å². The molecular weight excluding hydrogens is 344 g/mol. The molecular formula is C26H20O2. The quantitative estimate of drug-likeness (QED) is 0.355. The van der Waals surface area contributed by atoms with Crippen LogP contribution in [0, 0.1) is 0 Å². The van der Waals surface area contributed by atoms with Gasteiger partial charge >= 0.3 is 0 Å². The van der Waals surface area contributed by atoms with Gasteiger partial charge in [-0.3, -0.25) is 0 Å². The van der Waals surface area contributed by atoms with Gasteiger partial charge in [0.1, 0.15) is 24.7 Å². The maximum atomic E-state index is 6.30. The zero-order chi connectivity index (χ0) is 18.8. The molecule has 1 aliphatic heterocycles. The van der Waals surface area contributed by atoms with E-state index in [9.17, 15) is 0 Å². The molecule has 0 radical (unpaired) electrons. The van der Waals surface area contributed by atoms with E-state index in [-0.39, 0.29) is 0 Å². The Morgan fingerprint density at radius 3 is 1.21 bits per heavy atom. The zero-order valence-electron chi connectivity index (χ0n) is 15.5. The first-order valence-electron chi connectivity index (χ1n) is 9.50. The van der Waals surface area contributed by atoms with Crippen LogP contribution >= 0.6 is 0 Å². The van der Waals surface area contributed by atoms with Crippen molar-refractivity contribution >= 4 is 0 Å². The van der Waals surface area contributed by atoms with Crippen molar-refractivity contribution in [3.05, 3.63) is 108 Å². The van der Waals surface area contributed by atoms with E-state index in [4.69, 9.17) is 9.47 Å². The van der Waals surface area contributed by atoms with Crippen LogP contribution in [0.3, 0.4) is 0 Å². The monoisotopic (exact) mass is 364 g/mol. The minimum atomic E-state index is 0.518. The van der Waals surface area contributed by atoms with Crippen molar-refractivity contribution in [2.75, 3.05) is 0 Å². The van der Waals surface area contributed by atoms with Gasteiger partial charge in [0, 0.05) is 11.1 Å². The Morgan fingerprint density at radius 2 is 0.750 bits per heavy atom. The first-order valence-corrected chi connectivity index (χ1v) is 9.50. The summed E-state index contributed by atoms with van der Waals surface area (Å²) in [5.74, 6) is 1.73. The van der Waals surface area contributed by atoms with Gasteiger partial charge in [0.25, 0.3) is 0 Å². The van der Waals surface area contributed by atoms with Crippen molar-refractivity contribution < 1.29 is 9.47 Å². The van der Waals surface area contributed by atoms with E-state index in [0.29, 0.717) is 13.2 Å². The molecule has 0 bridgehead atoms. The maximum absolute atomic E-state index is 6.30. The lowest BCUT2D eigenvalue weighted by molar-refractivity contribution is 0.301. The molecule has 0 amide bonds. The second-order valence-electron chi connectivity index (χ2n) is 6.88. The summed E-state index contributed by atoms with van der Waals surface area (Å²) >= 11 is 0. The van der Waals surface area contributed by atoms with Gasteiger partial charge in [0.05, 0.1) is 0 Å². The predicted octanol–water partition coefficient (Wildman–Crippen LogP) is 6.49. The maximum Gasteiger partial charge on any atom is 0.127 e. The number of hydrogen-bond donors (Lipinski definition) is 0. The third-order valence-corrected chi connectivity index (χ3v) is 5.16. The van der Waals surface area contributed by atoms with Gasteiger partial charge < -0.3 is 9.47 Å². The first kappa shape index (κ1) is 16.6. The van der Waals surface area contributed by atoms with E-state index < -0.39 is 0 Å². The minimum Gasteiger partial charge on any atom is -0.488 e. The Kier molecular flexibility index (Phi) is 4.30. The van der Waals surface area contributed by atoms with Crippen molar-refractivity contribution in [3.8, 4) is 33.8 Å². The van der Waals surface area contributed by atoms with Crippen LogP contribution in [0.1, 0.15) is 11.1 Å². The van der Waals surface area contributed by atoms with Gasteiger partial charge in [-0.15, -0.1) is 0 Å². The van der Waals surface area contributed by atoms with Crippen molar-refractivity contribution in [1.82, 2.24) is 0 Å². The largest absolute Gasteiger partial charge is 0.488 e. The van der Waals surface area contributed by atoms with Crippen molar-refractivity contribution in [3.63, 3.8) is 0 Å². The standard InChI is InChI=1S/C26H20O2/c1-3-11-21-19(9-1)17-27-25-15-7-5-13-23(25)24-14-6-8-16-26(24)28-18-20-10-2-4-12-22(20)21/h1-16H,17-18H2. The van der Waals surface area contributed by atoms with E-state index >= 15 is 0 Å². The second-order valence-corrected chi connectivity index (χ2v) is 6.88. The minimum absolute atomic E-state index is 0.518. The highest BCUT2D eigenvalue weighted by atomic mass is 16.5. The van der Waals surface area contributed by atoms with Crippen molar-refractivity contribution in [2.45, 2.75) is 13.2 Å². The third-order valence-electron chi connectivity index (χ3n) is 5.16. The van der Waals surface area contributed by atoms with Crippen molar-refractivity contribution in [2.24, 2.45) is 0 Å². The summed E-state index contributed by atoms with van der Waals surface area (Å²) in [5, 5.41) is 0. The molecule has 0 saturated carbocycles. The first-order chi connectivity index (χ1) is 13.9. The number of rotatable bonds is 0. The highest BCUT2D eigenvalue weighted by Gasteiger charge is 2.16. The van der Waals surface area contributed by atoms with E-state index in [1.807, 2.05) is 36.4 Å². The number of fused-ring (bicyclic) bond motifs is 6. The molecule has 1 aliphatic rings. The molecule has 0 aliphatic carbocycles. The van der Waals surface area contributed by atoms with Crippen molar-refractivity contribution in [1.29, 1.82) is 0 Å². The van der Waals surface area contributed by atoms with Gasteiger partial charge in [-0.1, -0.05) is 84.9 Å². The smallest absolute Gasteiger partial charge is 0.127 e. The lowest BCUT2D eigenvalue weighted by Crippen LogP contribution is -2.04. The van der Waals surface area contributed by atoms with Crippen LogP contribution in [-0.2, 0) is 13.2 Å². The van der Waals surface area contributed by atoms with Crippen LogP contribution in [0.2, 0.25) is 0 Å². The topological polar surface area (TPSA) is 18.5 Å². The van der Waals surface area contributed by atoms with Crippen LogP contribution < -0.4 is 9.47 Å². The molecule has 0 spiro atoms. The molecule has 0 saturated heterocycles.